The summed E-state index contributed by atoms with van der Waals surface area (Å²) in [5, 5.41) is 0. The van der Waals surface area contributed by atoms with Crippen LogP contribution in [0, 0.1) is 5.92 Å². The molecule has 0 bridgehead atoms. The first-order chi connectivity index (χ1) is 9.67. The molecule has 0 spiro atoms. The van der Waals surface area contributed by atoms with Crippen LogP contribution >= 0.6 is 0 Å². The highest BCUT2D eigenvalue weighted by molar-refractivity contribution is 5.42. The molecule has 20 heavy (non-hydrogen) atoms. The van der Waals surface area contributed by atoms with Crippen LogP contribution in [0.1, 0.15) is 49.8 Å². The van der Waals surface area contributed by atoms with Gasteiger partial charge in [-0.2, -0.15) is 0 Å². The van der Waals surface area contributed by atoms with E-state index in [0.29, 0.717) is 6.10 Å². The Balaban J connectivity index is 1.68. The van der Waals surface area contributed by atoms with Gasteiger partial charge in [0.15, 0.2) is 0 Å². The zero-order valence-electron chi connectivity index (χ0n) is 12.5. The van der Waals surface area contributed by atoms with Crippen LogP contribution in [0.25, 0.3) is 0 Å². The minimum Gasteiger partial charge on any atom is -0.497 e. The highest BCUT2D eigenvalue weighted by atomic mass is 16.5. The molecule has 3 heteroatoms. The van der Waals surface area contributed by atoms with E-state index in [4.69, 9.17) is 15.2 Å². The van der Waals surface area contributed by atoms with E-state index in [1.807, 2.05) is 6.07 Å². The predicted octanol–water partition coefficient (Wildman–Crippen LogP) is 3.22. The second-order valence-corrected chi connectivity index (χ2v) is 6.36. The summed E-state index contributed by atoms with van der Waals surface area (Å²) in [4.78, 5) is 0. The van der Waals surface area contributed by atoms with Crippen molar-refractivity contribution in [2.24, 2.45) is 11.7 Å². The molecule has 2 aliphatic carbocycles. The van der Waals surface area contributed by atoms with Crippen LogP contribution in [-0.4, -0.2) is 19.3 Å². The van der Waals surface area contributed by atoms with Gasteiger partial charge in [0.2, 0.25) is 0 Å². The molecule has 3 rings (SSSR count). The van der Waals surface area contributed by atoms with Crippen molar-refractivity contribution in [3.63, 3.8) is 0 Å². The summed E-state index contributed by atoms with van der Waals surface area (Å²) >= 11 is 0. The van der Waals surface area contributed by atoms with Crippen LogP contribution in [0.5, 0.6) is 5.75 Å². The lowest BCUT2D eigenvalue weighted by Gasteiger charge is -2.30. The van der Waals surface area contributed by atoms with Crippen LogP contribution in [0.3, 0.4) is 0 Å². The van der Waals surface area contributed by atoms with E-state index in [9.17, 15) is 0 Å². The van der Waals surface area contributed by atoms with Gasteiger partial charge in [0, 0.05) is 6.42 Å². The summed E-state index contributed by atoms with van der Waals surface area (Å²) in [7, 11) is 1.69. The molecule has 0 aliphatic heterocycles. The van der Waals surface area contributed by atoms with Gasteiger partial charge in [-0.25, -0.2) is 0 Å². The first kappa shape index (κ1) is 13.9. The summed E-state index contributed by atoms with van der Waals surface area (Å²) in [6.45, 7) is 2.32. The Hall–Kier alpha value is -1.06. The Labute approximate surface area is 121 Å². The Bertz CT molecular complexity index is 474. The average Bonchev–Trinajstić information content (AvgIpc) is 2.75. The number of hydrogen-bond acceptors (Lipinski definition) is 3. The SMILES string of the molecule is COc1ccc2c(c1)C(N)C(OC1CCCC(C)C1)C2. The molecule has 2 N–H and O–H groups in total. The van der Waals surface area contributed by atoms with Gasteiger partial charge in [0.1, 0.15) is 5.75 Å². The van der Waals surface area contributed by atoms with Crippen molar-refractivity contribution in [3.05, 3.63) is 29.3 Å². The fraction of sp³-hybridized carbons (Fsp3) is 0.647. The zero-order chi connectivity index (χ0) is 14.1. The van der Waals surface area contributed by atoms with Crippen molar-refractivity contribution >= 4 is 0 Å². The maximum Gasteiger partial charge on any atom is 0.119 e. The smallest absolute Gasteiger partial charge is 0.119 e. The van der Waals surface area contributed by atoms with Crippen molar-refractivity contribution in [1.29, 1.82) is 0 Å². The molecule has 0 heterocycles. The van der Waals surface area contributed by atoms with Gasteiger partial charge >= 0.3 is 0 Å². The number of methoxy groups -OCH3 is 1. The Morgan fingerprint density at radius 2 is 2.10 bits per heavy atom. The van der Waals surface area contributed by atoms with Gasteiger partial charge in [-0.05, 0) is 42.0 Å². The topological polar surface area (TPSA) is 44.5 Å². The van der Waals surface area contributed by atoms with Crippen molar-refractivity contribution in [2.75, 3.05) is 7.11 Å². The number of ether oxygens (including phenoxy) is 2. The largest absolute Gasteiger partial charge is 0.497 e. The molecule has 1 aromatic rings. The van der Waals surface area contributed by atoms with Crippen molar-refractivity contribution in [1.82, 2.24) is 0 Å². The fourth-order valence-corrected chi connectivity index (χ4v) is 3.62. The molecule has 0 amide bonds. The molecule has 3 nitrogen and oxygen atoms in total. The third-order valence-corrected chi connectivity index (χ3v) is 4.79. The Morgan fingerprint density at radius 1 is 1.25 bits per heavy atom. The molecule has 0 aromatic heterocycles. The van der Waals surface area contributed by atoms with Crippen molar-refractivity contribution < 1.29 is 9.47 Å². The van der Waals surface area contributed by atoms with Gasteiger partial charge < -0.3 is 15.2 Å². The van der Waals surface area contributed by atoms with E-state index in [2.05, 4.69) is 19.1 Å². The third-order valence-electron chi connectivity index (χ3n) is 4.79. The highest BCUT2D eigenvalue weighted by Crippen LogP contribution is 2.36. The monoisotopic (exact) mass is 275 g/mol. The lowest BCUT2D eigenvalue weighted by atomic mass is 9.88. The summed E-state index contributed by atoms with van der Waals surface area (Å²) in [5.74, 6) is 1.67. The molecule has 0 saturated heterocycles. The number of nitrogens with two attached hydrogens (primary N) is 1. The van der Waals surface area contributed by atoms with E-state index in [-0.39, 0.29) is 12.1 Å². The van der Waals surface area contributed by atoms with Gasteiger partial charge in [-0.3, -0.25) is 0 Å². The van der Waals surface area contributed by atoms with Gasteiger partial charge in [-0.15, -0.1) is 0 Å². The van der Waals surface area contributed by atoms with Gasteiger partial charge in [0.25, 0.3) is 0 Å². The van der Waals surface area contributed by atoms with Crippen molar-refractivity contribution in [3.8, 4) is 5.75 Å². The zero-order valence-corrected chi connectivity index (χ0v) is 12.5. The summed E-state index contributed by atoms with van der Waals surface area (Å²) in [6.07, 6.45) is 6.46. The summed E-state index contributed by atoms with van der Waals surface area (Å²) in [5.41, 5.74) is 8.89. The van der Waals surface area contributed by atoms with Crippen LogP contribution in [-0.2, 0) is 11.2 Å². The molecule has 2 aliphatic rings. The second-order valence-electron chi connectivity index (χ2n) is 6.36. The van der Waals surface area contributed by atoms with Crippen molar-refractivity contribution in [2.45, 2.75) is 57.3 Å². The summed E-state index contributed by atoms with van der Waals surface area (Å²) in [6, 6.07) is 6.18. The lowest BCUT2D eigenvalue weighted by molar-refractivity contribution is -0.0442. The van der Waals surface area contributed by atoms with E-state index in [1.54, 1.807) is 7.11 Å². The maximum absolute atomic E-state index is 6.39. The fourth-order valence-electron chi connectivity index (χ4n) is 3.62. The molecule has 1 aromatic carbocycles. The third kappa shape index (κ3) is 2.70. The molecular formula is C17H25NO2. The Kier molecular flexibility index (Phi) is 3.99. The number of rotatable bonds is 3. The van der Waals surface area contributed by atoms with E-state index < -0.39 is 0 Å². The Morgan fingerprint density at radius 3 is 2.85 bits per heavy atom. The summed E-state index contributed by atoms with van der Waals surface area (Å²) < 4.78 is 11.6. The van der Waals surface area contributed by atoms with Crippen LogP contribution in [0.15, 0.2) is 18.2 Å². The van der Waals surface area contributed by atoms with Crippen LogP contribution < -0.4 is 10.5 Å². The van der Waals surface area contributed by atoms with Crippen LogP contribution in [0.4, 0.5) is 0 Å². The molecule has 4 atom stereocenters. The second kappa shape index (κ2) is 5.74. The number of fused-ring (bicyclic) bond motifs is 1. The molecule has 4 unspecified atom stereocenters. The quantitative estimate of drug-likeness (QED) is 0.921. The predicted molar refractivity (Wildman–Crippen MR) is 79.9 cm³/mol. The highest BCUT2D eigenvalue weighted by Gasteiger charge is 2.33. The first-order valence-electron chi connectivity index (χ1n) is 7.75. The minimum absolute atomic E-state index is 0.0164. The molecular weight excluding hydrogens is 250 g/mol. The number of benzene rings is 1. The van der Waals surface area contributed by atoms with Gasteiger partial charge in [-0.1, -0.05) is 25.8 Å². The number of hydrogen-bond donors (Lipinski definition) is 1. The normalized spacial score (nSPS) is 33.0. The minimum atomic E-state index is -0.0164. The van der Waals surface area contributed by atoms with E-state index in [0.717, 1.165) is 18.1 Å². The molecule has 0 radical (unpaired) electrons. The lowest BCUT2D eigenvalue weighted by Crippen LogP contribution is -2.32. The maximum atomic E-state index is 6.39. The molecule has 1 saturated carbocycles. The van der Waals surface area contributed by atoms with E-state index in [1.165, 1.54) is 36.8 Å². The average molecular weight is 275 g/mol. The van der Waals surface area contributed by atoms with Gasteiger partial charge in [0.05, 0.1) is 25.4 Å². The van der Waals surface area contributed by atoms with E-state index >= 15 is 0 Å². The molecule has 110 valence electrons. The molecule has 1 fully saturated rings. The standard InChI is InChI=1S/C17H25NO2/c1-11-4-3-5-14(8-11)20-16-9-12-6-7-13(19-2)10-15(12)17(16)18/h6-7,10-11,14,16-17H,3-5,8-9,18H2,1-2H3. The first-order valence-corrected chi connectivity index (χ1v) is 7.75. The van der Waals surface area contributed by atoms with Crippen LogP contribution in [0.2, 0.25) is 0 Å².